The number of aryl methyl sites for hydroxylation is 2. The van der Waals surface area contributed by atoms with Crippen LogP contribution in [0.5, 0.6) is 5.75 Å². The maximum absolute atomic E-state index is 12.6. The van der Waals surface area contributed by atoms with Gasteiger partial charge in [-0.15, -0.1) is 11.8 Å². The monoisotopic (exact) mass is 446 g/mol. The molecule has 1 aliphatic heterocycles. The maximum atomic E-state index is 12.6. The van der Waals surface area contributed by atoms with Gasteiger partial charge >= 0.3 is 0 Å². The van der Waals surface area contributed by atoms with Gasteiger partial charge in [-0.25, -0.2) is 0 Å². The summed E-state index contributed by atoms with van der Waals surface area (Å²) in [6, 6.07) is 21.4. The first-order chi connectivity index (χ1) is 15.4. The van der Waals surface area contributed by atoms with Gasteiger partial charge in [-0.2, -0.15) is 0 Å². The van der Waals surface area contributed by atoms with E-state index in [1.54, 1.807) is 18.9 Å². The lowest BCUT2D eigenvalue weighted by Gasteiger charge is -2.25. The van der Waals surface area contributed by atoms with Crippen LogP contribution in [0.1, 0.15) is 27.6 Å². The molecule has 0 bridgehead atoms. The molecule has 0 radical (unpaired) electrons. The molecule has 4 rings (SSSR count). The fraction of sp³-hybridized carbons (Fsp3) is 0.231. The minimum absolute atomic E-state index is 0.0762. The van der Waals surface area contributed by atoms with E-state index in [4.69, 9.17) is 4.74 Å². The normalized spacial score (nSPS) is 15.7. The molecule has 0 spiro atoms. The Morgan fingerprint density at radius 3 is 2.31 bits per heavy atom. The van der Waals surface area contributed by atoms with Gasteiger partial charge in [0, 0.05) is 11.4 Å². The van der Waals surface area contributed by atoms with E-state index in [2.05, 4.69) is 23.5 Å². The van der Waals surface area contributed by atoms with E-state index in [1.165, 1.54) is 0 Å². The molecule has 3 aromatic carbocycles. The van der Waals surface area contributed by atoms with Crippen LogP contribution in [-0.2, 0) is 16.0 Å². The van der Waals surface area contributed by atoms with Crippen LogP contribution in [-0.4, -0.2) is 24.7 Å². The quantitative estimate of drug-likeness (QED) is 0.560. The van der Waals surface area contributed by atoms with Crippen molar-refractivity contribution in [3.8, 4) is 5.75 Å². The number of nitrogens with one attached hydrogen (secondary N) is 1. The Labute approximate surface area is 192 Å². The van der Waals surface area contributed by atoms with Crippen molar-refractivity contribution >= 4 is 35.0 Å². The van der Waals surface area contributed by atoms with Gasteiger partial charge in [0.15, 0.2) is 0 Å². The largest absolute Gasteiger partial charge is 0.497 e. The smallest absolute Gasteiger partial charge is 0.238 e. The number of ether oxygens (including phenoxy) is 1. The molecule has 0 saturated carbocycles. The molecule has 0 aromatic heterocycles. The van der Waals surface area contributed by atoms with Gasteiger partial charge in [-0.1, -0.05) is 30.3 Å². The Hall–Kier alpha value is -3.25. The summed E-state index contributed by atoms with van der Waals surface area (Å²) >= 11 is 1.62. The molecule has 1 saturated heterocycles. The molecule has 0 unspecified atom stereocenters. The molecule has 6 heteroatoms. The van der Waals surface area contributed by atoms with E-state index in [9.17, 15) is 9.59 Å². The van der Waals surface area contributed by atoms with Crippen LogP contribution in [0.3, 0.4) is 0 Å². The fourth-order valence-corrected chi connectivity index (χ4v) is 5.08. The summed E-state index contributed by atoms with van der Waals surface area (Å²) in [6.45, 7) is 4.09. The van der Waals surface area contributed by atoms with Crippen LogP contribution in [0.25, 0.3) is 0 Å². The zero-order valence-electron chi connectivity index (χ0n) is 18.4. The molecule has 1 atom stereocenters. The van der Waals surface area contributed by atoms with E-state index >= 15 is 0 Å². The number of rotatable bonds is 6. The predicted molar refractivity (Wildman–Crippen MR) is 130 cm³/mol. The number of hydrogen-bond donors (Lipinski definition) is 1. The fourth-order valence-electron chi connectivity index (χ4n) is 3.90. The molecule has 1 N–H and O–H groups in total. The SMILES string of the molecule is COc1ccc(CC(=O)Nc2ccc([C@H]3SCC(=O)N3c3cc(C)cc(C)c3)cc2)cc1. The molecule has 164 valence electrons. The van der Waals surface area contributed by atoms with Gasteiger partial charge in [-0.05, 0) is 72.5 Å². The van der Waals surface area contributed by atoms with E-state index in [0.717, 1.165) is 39.4 Å². The summed E-state index contributed by atoms with van der Waals surface area (Å²) in [6.07, 6.45) is 0.291. The summed E-state index contributed by atoms with van der Waals surface area (Å²) < 4.78 is 5.15. The number of anilines is 2. The van der Waals surface area contributed by atoms with Gasteiger partial charge in [0.05, 0.1) is 19.3 Å². The van der Waals surface area contributed by atoms with Crippen molar-refractivity contribution in [3.63, 3.8) is 0 Å². The number of nitrogens with zero attached hydrogens (tertiary/aromatic N) is 1. The highest BCUT2D eigenvalue weighted by Gasteiger charge is 2.34. The van der Waals surface area contributed by atoms with Crippen molar-refractivity contribution < 1.29 is 14.3 Å². The van der Waals surface area contributed by atoms with Crippen molar-refractivity contribution in [2.24, 2.45) is 0 Å². The number of amides is 2. The predicted octanol–water partition coefficient (Wildman–Crippen LogP) is 5.27. The van der Waals surface area contributed by atoms with Gasteiger partial charge in [0.2, 0.25) is 11.8 Å². The Balaban J connectivity index is 1.45. The van der Waals surface area contributed by atoms with Crippen LogP contribution in [0.2, 0.25) is 0 Å². The first-order valence-corrected chi connectivity index (χ1v) is 11.5. The number of carbonyl (C=O) groups is 2. The highest BCUT2D eigenvalue weighted by atomic mass is 32.2. The summed E-state index contributed by atoms with van der Waals surface area (Å²) in [5.41, 5.74) is 5.90. The van der Waals surface area contributed by atoms with Crippen LogP contribution in [0, 0.1) is 13.8 Å². The topological polar surface area (TPSA) is 58.6 Å². The molecule has 0 aliphatic carbocycles. The van der Waals surface area contributed by atoms with E-state index in [1.807, 2.05) is 67.3 Å². The van der Waals surface area contributed by atoms with Gasteiger partial charge in [0.25, 0.3) is 0 Å². The van der Waals surface area contributed by atoms with Gasteiger partial charge < -0.3 is 10.1 Å². The zero-order chi connectivity index (χ0) is 22.7. The number of methoxy groups -OCH3 is 1. The highest BCUT2D eigenvalue weighted by Crippen LogP contribution is 2.42. The van der Waals surface area contributed by atoms with E-state index in [0.29, 0.717) is 12.2 Å². The number of thioether (sulfide) groups is 1. The number of carbonyl (C=O) groups excluding carboxylic acids is 2. The van der Waals surface area contributed by atoms with E-state index in [-0.39, 0.29) is 17.2 Å². The van der Waals surface area contributed by atoms with Crippen molar-refractivity contribution in [1.29, 1.82) is 0 Å². The Morgan fingerprint density at radius 1 is 1.03 bits per heavy atom. The summed E-state index contributed by atoms with van der Waals surface area (Å²) in [4.78, 5) is 26.9. The van der Waals surface area contributed by atoms with Crippen LogP contribution < -0.4 is 15.0 Å². The van der Waals surface area contributed by atoms with Crippen LogP contribution in [0.4, 0.5) is 11.4 Å². The lowest BCUT2D eigenvalue weighted by Crippen LogP contribution is -2.28. The van der Waals surface area contributed by atoms with Gasteiger partial charge in [-0.3, -0.25) is 14.5 Å². The van der Waals surface area contributed by atoms with E-state index < -0.39 is 0 Å². The highest BCUT2D eigenvalue weighted by molar-refractivity contribution is 8.00. The van der Waals surface area contributed by atoms with Crippen LogP contribution >= 0.6 is 11.8 Å². The number of benzene rings is 3. The lowest BCUT2D eigenvalue weighted by molar-refractivity contribution is -0.116. The third kappa shape index (κ3) is 4.97. The number of hydrogen-bond acceptors (Lipinski definition) is 4. The second-order valence-corrected chi connectivity index (χ2v) is 9.04. The average molecular weight is 447 g/mol. The van der Waals surface area contributed by atoms with Crippen molar-refractivity contribution in [2.45, 2.75) is 25.6 Å². The maximum Gasteiger partial charge on any atom is 0.238 e. The third-order valence-electron chi connectivity index (χ3n) is 5.36. The standard InChI is InChI=1S/C26H26N2O3S/c1-17-12-18(2)14-22(13-17)28-25(30)16-32-26(28)20-6-8-21(9-7-20)27-24(29)15-19-4-10-23(31-3)11-5-19/h4-14,26H,15-16H2,1-3H3,(H,27,29)/t26-/m1/s1. The minimum Gasteiger partial charge on any atom is -0.497 e. The van der Waals surface area contributed by atoms with Crippen molar-refractivity contribution in [3.05, 3.63) is 89.0 Å². The molecule has 1 aliphatic rings. The second-order valence-electron chi connectivity index (χ2n) is 7.97. The summed E-state index contributed by atoms with van der Waals surface area (Å²) in [5, 5.41) is 2.87. The molecule has 2 amide bonds. The van der Waals surface area contributed by atoms with Crippen molar-refractivity contribution in [1.82, 2.24) is 0 Å². The lowest BCUT2D eigenvalue weighted by atomic mass is 10.1. The third-order valence-corrected chi connectivity index (χ3v) is 6.57. The molecule has 1 fully saturated rings. The first-order valence-electron chi connectivity index (χ1n) is 10.5. The van der Waals surface area contributed by atoms with Crippen LogP contribution in [0.15, 0.2) is 66.7 Å². The molecule has 1 heterocycles. The molecular weight excluding hydrogens is 420 g/mol. The van der Waals surface area contributed by atoms with Crippen molar-refractivity contribution in [2.75, 3.05) is 23.1 Å². The minimum atomic E-state index is -0.0785. The summed E-state index contributed by atoms with van der Waals surface area (Å²) in [5.74, 6) is 1.26. The Bertz CT molecular complexity index is 1110. The summed E-state index contributed by atoms with van der Waals surface area (Å²) in [7, 11) is 1.62. The molecule has 5 nitrogen and oxygen atoms in total. The zero-order valence-corrected chi connectivity index (χ0v) is 19.2. The van der Waals surface area contributed by atoms with Gasteiger partial charge in [0.1, 0.15) is 11.1 Å². The molecular formula is C26H26N2O3S. The Morgan fingerprint density at radius 2 is 1.69 bits per heavy atom. The first kappa shape index (κ1) is 22.0. The average Bonchev–Trinajstić information content (AvgIpc) is 3.15. The Kier molecular flexibility index (Phi) is 6.51. The molecule has 3 aromatic rings. The second kappa shape index (κ2) is 9.49. The molecule has 32 heavy (non-hydrogen) atoms.